The Bertz CT molecular complexity index is 3320. The molecule has 30 aliphatic rings. The van der Waals surface area contributed by atoms with Crippen molar-refractivity contribution in [3.63, 3.8) is 0 Å². The Balaban J connectivity index is 0.905. The molecule has 0 unspecified atom stereocenters. The smallest absolute Gasteiger partial charge is 0.297 e. The van der Waals surface area contributed by atoms with Gasteiger partial charge in [0.2, 0.25) is 0 Å². The number of hydrogen-bond acceptors (Lipinski definition) is 44. The summed E-state index contributed by atoms with van der Waals surface area (Å²) in [5, 5.41) is 251. The maximum Gasteiger partial charge on any atom is 0.297 e. The van der Waals surface area contributed by atoms with Gasteiger partial charge in [-0.3, -0.25) is 8.37 Å². The van der Waals surface area contributed by atoms with Gasteiger partial charge >= 0.3 is 0 Å². The third-order valence-electron chi connectivity index (χ3n) is 19.9. The number of rotatable bonds is 14. The van der Waals surface area contributed by atoms with E-state index >= 15 is 0 Å². The molecule has 0 amide bonds. The van der Waals surface area contributed by atoms with E-state index in [2.05, 4.69) is 0 Å². The summed E-state index contributed by atoms with van der Waals surface area (Å²) in [5.74, 6) is 0. The fourth-order valence-corrected chi connectivity index (χ4v) is 15.6. The lowest BCUT2D eigenvalue weighted by molar-refractivity contribution is -0.403. The molecule has 46 heteroatoms. The van der Waals surface area contributed by atoms with Crippen LogP contribution in [0.15, 0.2) is 58.3 Å². The molecule has 0 spiro atoms. The van der Waals surface area contributed by atoms with Crippen molar-refractivity contribution in [2.45, 2.75) is 269 Å². The number of ether oxygens (including phenoxy) is 16. The van der Waals surface area contributed by atoms with E-state index in [1.54, 1.807) is 13.8 Å². The van der Waals surface area contributed by atoms with Crippen molar-refractivity contribution < 1.29 is 213 Å². The zero-order valence-corrected chi connectivity index (χ0v) is 58.6. The van der Waals surface area contributed by atoms with Gasteiger partial charge in [0.05, 0.1) is 62.6 Å². The molecule has 616 valence electrons. The first kappa shape index (κ1) is 85.6. The summed E-state index contributed by atoms with van der Waals surface area (Å²) < 4.78 is 159. The van der Waals surface area contributed by atoms with Gasteiger partial charge in [0.15, 0.2) is 50.3 Å². The quantitative estimate of drug-likeness (QED) is 0.0781. The molecule has 16 bridgehead atoms. The van der Waals surface area contributed by atoms with Crippen LogP contribution in [0.3, 0.4) is 0 Å². The van der Waals surface area contributed by atoms with E-state index in [0.717, 1.165) is 24.3 Å². The first-order chi connectivity index (χ1) is 51.2. The Morgan fingerprint density at radius 3 is 0.546 bits per heavy atom. The molecule has 40 atom stereocenters. The number of aryl methyl sites for hydroxylation is 2. The van der Waals surface area contributed by atoms with Crippen LogP contribution in [-0.2, 0) is 104 Å². The molecule has 30 aliphatic heterocycles. The van der Waals surface area contributed by atoms with Crippen LogP contribution in [0.4, 0.5) is 0 Å². The van der Waals surface area contributed by atoms with E-state index in [1.165, 1.54) is 24.3 Å². The minimum Gasteiger partial charge on any atom is -0.394 e. The average molecular weight is 1610 g/mol. The highest BCUT2D eigenvalue weighted by Gasteiger charge is 2.61. The summed E-state index contributed by atoms with van der Waals surface area (Å²) in [6.45, 7) is -6.07. The van der Waals surface area contributed by atoms with E-state index in [0.29, 0.717) is 11.1 Å². The van der Waals surface area contributed by atoms with Crippen LogP contribution in [0, 0.1) is 13.8 Å². The van der Waals surface area contributed by atoms with Crippen molar-refractivity contribution >= 4 is 20.2 Å². The number of hydrogen-bond donors (Lipinski definition) is 22. The highest BCUT2D eigenvalue weighted by molar-refractivity contribution is 7.87. The molecule has 0 aliphatic carbocycles. The van der Waals surface area contributed by atoms with E-state index < -0.39 is 329 Å². The lowest BCUT2D eigenvalue weighted by atomic mass is 9.94. The molecule has 22 N–H and O–H groups in total. The van der Waals surface area contributed by atoms with Gasteiger partial charge in [0.1, 0.15) is 195 Å². The number of benzene rings is 2. The summed E-state index contributed by atoms with van der Waals surface area (Å²) in [4.78, 5) is -0.842. The Kier molecular flexibility index (Phi) is 28.4. The molecular formula is C62H92O44S2. The van der Waals surface area contributed by atoms with E-state index in [-0.39, 0.29) is 0 Å². The second-order valence-corrected chi connectivity index (χ2v) is 30.4. The zero-order chi connectivity index (χ0) is 78.4. The van der Waals surface area contributed by atoms with Gasteiger partial charge in [0, 0.05) is 0 Å². The summed E-state index contributed by atoms with van der Waals surface area (Å²) in [6.07, 6.45) is -87.6. The molecule has 30 saturated heterocycles. The highest BCUT2D eigenvalue weighted by atomic mass is 32.2. The SMILES string of the molecule is Cc1ccc(S(=O)(=O)OC[C@H]2O[C@@H]3O[C@H]4[C@H](O)[C@@H](O)[C@@H](O[C@H]5[C@H](O)[C@@H](O)[C@@H](O[C@H]6[C@H](O)[C@@H](O)[C@@H](O[C@H]7[C@H](O)[C@@H](O)[C@@H](O[C@H]8[C@H](O)[C@@H](O)[C@@H](O[C@H]9[C@@H](O)[C@H](O)[C@@H](O[C@H]%10[C@H](O)[C@H](O)[C@@H](O[C@H]2[C@H](O)[C@H]3O)O[C@@H]%10CO)O[C@@H]9CO)O[C@H]8CO)O[C@H]7CO)O[C@H]6CO)O[C@@H]5COS(=O)(=O)c2ccc(C)cc2)O[C@@H]4CO)cc1. The van der Waals surface area contributed by atoms with Crippen LogP contribution in [0.5, 0.6) is 0 Å². The molecule has 108 heavy (non-hydrogen) atoms. The fourth-order valence-electron chi connectivity index (χ4n) is 13.7. The molecule has 0 saturated carbocycles. The van der Waals surface area contributed by atoms with Crippen LogP contribution < -0.4 is 0 Å². The molecule has 0 radical (unpaired) electrons. The van der Waals surface area contributed by atoms with Gasteiger partial charge < -0.3 is 188 Å². The summed E-state index contributed by atoms with van der Waals surface area (Å²) in [5.41, 5.74) is 1.24. The number of aliphatic hydroxyl groups excluding tert-OH is 22. The average Bonchev–Trinajstić information content (AvgIpc) is 0.773. The molecule has 2 aromatic rings. The lowest BCUT2D eigenvalue weighted by Crippen LogP contribution is -2.69. The highest BCUT2D eigenvalue weighted by Crippen LogP contribution is 2.41. The predicted molar refractivity (Wildman–Crippen MR) is 336 cm³/mol. The minimum atomic E-state index is -4.80. The van der Waals surface area contributed by atoms with Gasteiger partial charge in [-0.05, 0) is 38.1 Å². The fraction of sp³-hybridized carbons (Fsp3) is 0.806. The van der Waals surface area contributed by atoms with E-state index in [9.17, 15) is 129 Å². The van der Waals surface area contributed by atoms with Gasteiger partial charge in [-0.25, -0.2) is 0 Å². The van der Waals surface area contributed by atoms with Crippen molar-refractivity contribution in [1.82, 2.24) is 0 Å². The lowest BCUT2D eigenvalue weighted by Gasteiger charge is -2.50. The summed E-state index contributed by atoms with van der Waals surface area (Å²) >= 11 is 0. The van der Waals surface area contributed by atoms with Crippen molar-refractivity contribution in [1.29, 1.82) is 0 Å². The third kappa shape index (κ3) is 17.8. The molecule has 32 rings (SSSR count). The van der Waals surface area contributed by atoms with Gasteiger partial charge in [-0.15, -0.1) is 0 Å². The molecule has 30 fully saturated rings. The topological polar surface area (TPSA) is 679 Å². The normalized spacial score (nSPS) is 47.6. The Morgan fingerprint density at radius 2 is 0.389 bits per heavy atom. The Labute approximate surface area is 613 Å². The van der Waals surface area contributed by atoms with E-state index in [1.807, 2.05) is 0 Å². The second-order valence-electron chi connectivity index (χ2n) is 27.2. The largest absolute Gasteiger partial charge is 0.394 e. The molecule has 0 aromatic heterocycles. The van der Waals surface area contributed by atoms with Crippen LogP contribution in [0.25, 0.3) is 0 Å². The second kappa shape index (κ2) is 35.9. The molecule has 2 aromatic carbocycles. The first-order valence-electron chi connectivity index (χ1n) is 34.1. The number of aliphatic hydroxyl groups is 22. The first-order valence-corrected chi connectivity index (χ1v) is 36.9. The monoisotopic (exact) mass is 1600 g/mol. The molecular weight excluding hydrogens is 1510 g/mol. The van der Waals surface area contributed by atoms with Crippen molar-refractivity contribution in [3.05, 3.63) is 59.7 Å². The van der Waals surface area contributed by atoms with E-state index in [4.69, 9.17) is 84.2 Å². The van der Waals surface area contributed by atoms with Crippen molar-refractivity contribution in [2.24, 2.45) is 0 Å². The minimum absolute atomic E-state index is 0.421. The van der Waals surface area contributed by atoms with Crippen LogP contribution in [0.2, 0.25) is 0 Å². The standard InChI is InChI=1S/C62H92O44S2/c1-19-3-7-21(8-4-19)107(85,86)89-17-29-53-38(76)46(84)62(98-29)104-52-28(16-68)96-60(44(82)36(52)74)106-54-30(18-90-108(87,88)22-9-5-20(2)6-10-22)97-61(45(83)37(54)75)103-51-27(15-67)94-58(42(80)34(51)72)101-49-25(13-65)92-56(40(78)32(49)70)99-47-23(11-63)91-55(39(77)31(47)69)100-48-24(12-64)93-57(41(79)33(48)71)102-50-26(14-66)95-59(105-53)43(81)35(50)73/h3-10,23-84H,11-18H2,1-2H3/t23-,24+,25-,26+,27-,28+,29+,30+,31+,32+,33-,34+,35+,36+,37+,38+,39+,40+,41-,42+,43-,44+,45+,46+,47+,48+,49+,50+,51+,52+,53+,54+,55+,56+,57+,58+,59+,60+,61+,62+/m0/s1. The molecule has 30 heterocycles. The molecule has 44 nitrogen and oxygen atoms in total. The summed E-state index contributed by atoms with van der Waals surface area (Å²) in [6, 6.07) is 10.3. The van der Waals surface area contributed by atoms with Crippen LogP contribution >= 0.6 is 0 Å². The third-order valence-corrected chi connectivity index (χ3v) is 22.5. The maximum atomic E-state index is 13.7. The predicted octanol–water partition coefficient (Wildman–Crippen LogP) is -14.0. The van der Waals surface area contributed by atoms with Gasteiger partial charge in [0.25, 0.3) is 20.2 Å². The Morgan fingerprint density at radius 1 is 0.241 bits per heavy atom. The zero-order valence-electron chi connectivity index (χ0n) is 57.0. The summed E-state index contributed by atoms with van der Waals surface area (Å²) in [7, 11) is -9.61. The van der Waals surface area contributed by atoms with Crippen LogP contribution in [0.1, 0.15) is 11.1 Å². The van der Waals surface area contributed by atoms with Gasteiger partial charge in [-0.2, -0.15) is 16.8 Å². The van der Waals surface area contributed by atoms with Gasteiger partial charge in [-0.1, -0.05) is 35.4 Å². The van der Waals surface area contributed by atoms with Crippen LogP contribution in [-0.4, -0.2) is 428 Å². The Hall–Kier alpha value is -3.26. The maximum absolute atomic E-state index is 13.7. The van der Waals surface area contributed by atoms with Crippen molar-refractivity contribution in [2.75, 3.05) is 52.9 Å². The van der Waals surface area contributed by atoms with Crippen molar-refractivity contribution in [3.8, 4) is 0 Å².